The van der Waals surface area contributed by atoms with Gasteiger partial charge in [0.1, 0.15) is 0 Å². The summed E-state index contributed by atoms with van der Waals surface area (Å²) in [7, 11) is 0. The molecule has 0 saturated carbocycles. The Hall–Kier alpha value is -2.72. The van der Waals surface area contributed by atoms with Gasteiger partial charge < -0.3 is 0 Å². The van der Waals surface area contributed by atoms with Crippen LogP contribution in [0.1, 0.15) is 16.7 Å². The number of benzene rings is 2. The first kappa shape index (κ1) is 14.8. The summed E-state index contributed by atoms with van der Waals surface area (Å²) in [5.74, 6) is 0. The van der Waals surface area contributed by atoms with Crippen LogP contribution in [-0.4, -0.2) is 9.38 Å². The fourth-order valence-electron chi connectivity index (χ4n) is 2.74. The van der Waals surface area contributed by atoms with Crippen LogP contribution in [0, 0.1) is 13.8 Å². The molecular weight excluding hydrogens is 316 g/mol. The number of fused-ring (bicyclic) bond motifs is 3. The SMILES string of the molecule is Cc1cc2nc3s/c(=C/C=C/c4ccccc4)c(=O)n3c2cc1C. The van der Waals surface area contributed by atoms with Gasteiger partial charge in [-0.2, -0.15) is 0 Å². The summed E-state index contributed by atoms with van der Waals surface area (Å²) in [6, 6.07) is 14.1. The van der Waals surface area contributed by atoms with Crippen molar-refractivity contribution in [2.24, 2.45) is 0 Å². The van der Waals surface area contributed by atoms with Crippen molar-refractivity contribution in [2.45, 2.75) is 13.8 Å². The summed E-state index contributed by atoms with van der Waals surface area (Å²) in [6.45, 7) is 4.12. The minimum absolute atomic E-state index is 0.00142. The first-order valence-electron chi connectivity index (χ1n) is 7.79. The molecule has 0 bridgehead atoms. The average molecular weight is 332 g/mol. The Morgan fingerprint density at radius 2 is 1.83 bits per heavy atom. The van der Waals surface area contributed by atoms with E-state index in [1.54, 1.807) is 4.40 Å². The number of thiazole rings is 1. The molecule has 0 aliphatic carbocycles. The Bertz CT molecular complexity index is 1180. The largest absolute Gasteiger partial charge is 0.274 e. The van der Waals surface area contributed by atoms with Gasteiger partial charge in [0.2, 0.25) is 0 Å². The maximum absolute atomic E-state index is 12.7. The van der Waals surface area contributed by atoms with Crippen LogP contribution in [0.3, 0.4) is 0 Å². The van der Waals surface area contributed by atoms with E-state index in [9.17, 15) is 4.79 Å². The zero-order valence-electron chi connectivity index (χ0n) is 13.5. The second-order valence-corrected chi connectivity index (χ2v) is 6.87. The lowest BCUT2D eigenvalue weighted by atomic mass is 10.1. The molecule has 0 unspecified atom stereocenters. The van der Waals surface area contributed by atoms with Crippen molar-refractivity contribution in [3.05, 3.63) is 80.1 Å². The lowest BCUT2D eigenvalue weighted by Crippen LogP contribution is -2.22. The lowest BCUT2D eigenvalue weighted by molar-refractivity contribution is 1.18. The van der Waals surface area contributed by atoms with E-state index in [1.807, 2.05) is 60.7 Å². The van der Waals surface area contributed by atoms with E-state index in [4.69, 9.17) is 0 Å². The number of hydrogen-bond donors (Lipinski definition) is 0. The van der Waals surface area contributed by atoms with Gasteiger partial charge in [-0.15, -0.1) is 0 Å². The Morgan fingerprint density at radius 3 is 2.62 bits per heavy atom. The third-order valence-corrected chi connectivity index (χ3v) is 5.18. The molecule has 0 atom stereocenters. The number of nitrogens with zero attached hydrogens (tertiary/aromatic N) is 2. The predicted molar refractivity (Wildman–Crippen MR) is 101 cm³/mol. The molecule has 2 aromatic heterocycles. The van der Waals surface area contributed by atoms with Gasteiger partial charge in [0.25, 0.3) is 5.56 Å². The van der Waals surface area contributed by atoms with Gasteiger partial charge in [0, 0.05) is 0 Å². The van der Waals surface area contributed by atoms with E-state index in [0.717, 1.165) is 21.6 Å². The van der Waals surface area contributed by atoms with Gasteiger partial charge in [-0.25, -0.2) is 9.38 Å². The van der Waals surface area contributed by atoms with Crippen molar-refractivity contribution in [3.8, 4) is 0 Å². The normalized spacial score (nSPS) is 12.8. The van der Waals surface area contributed by atoms with Crippen LogP contribution in [0.2, 0.25) is 0 Å². The van der Waals surface area contributed by atoms with Crippen LogP contribution < -0.4 is 10.1 Å². The molecule has 4 aromatic rings. The molecule has 118 valence electrons. The summed E-state index contributed by atoms with van der Waals surface area (Å²) < 4.78 is 2.42. The highest BCUT2D eigenvalue weighted by molar-refractivity contribution is 7.15. The van der Waals surface area contributed by atoms with Crippen LogP contribution in [0.4, 0.5) is 0 Å². The molecule has 2 aromatic carbocycles. The molecule has 0 saturated heterocycles. The van der Waals surface area contributed by atoms with Crippen molar-refractivity contribution in [3.63, 3.8) is 0 Å². The van der Waals surface area contributed by atoms with Crippen LogP contribution in [0.25, 0.3) is 28.1 Å². The van der Waals surface area contributed by atoms with Gasteiger partial charge in [-0.3, -0.25) is 4.79 Å². The minimum atomic E-state index is -0.00142. The number of allylic oxidation sites excluding steroid dienone is 1. The van der Waals surface area contributed by atoms with Crippen LogP contribution in [-0.2, 0) is 0 Å². The van der Waals surface area contributed by atoms with Gasteiger partial charge >= 0.3 is 0 Å². The third kappa shape index (κ3) is 2.45. The summed E-state index contributed by atoms with van der Waals surface area (Å²) >= 11 is 1.43. The van der Waals surface area contributed by atoms with Crippen LogP contribution in [0.5, 0.6) is 0 Å². The van der Waals surface area contributed by atoms with Crippen molar-refractivity contribution in [1.82, 2.24) is 9.38 Å². The summed E-state index contributed by atoms with van der Waals surface area (Å²) in [6.07, 6.45) is 5.77. The summed E-state index contributed by atoms with van der Waals surface area (Å²) in [5.41, 5.74) is 5.24. The van der Waals surface area contributed by atoms with Crippen molar-refractivity contribution < 1.29 is 0 Å². The van der Waals surface area contributed by atoms with E-state index < -0.39 is 0 Å². The van der Waals surface area contributed by atoms with Gasteiger partial charge in [-0.1, -0.05) is 53.8 Å². The Labute approximate surface area is 143 Å². The zero-order valence-corrected chi connectivity index (χ0v) is 14.3. The molecule has 0 amide bonds. The monoisotopic (exact) mass is 332 g/mol. The second-order valence-electron chi connectivity index (χ2n) is 5.86. The van der Waals surface area contributed by atoms with E-state index in [2.05, 4.69) is 18.8 Å². The molecule has 0 spiro atoms. The minimum Gasteiger partial charge on any atom is -0.267 e. The molecule has 2 heterocycles. The van der Waals surface area contributed by atoms with Crippen LogP contribution in [0.15, 0.2) is 53.3 Å². The molecular formula is C20H16N2OS. The standard InChI is InChI=1S/C20H16N2OS/c1-13-11-16-17(12-14(13)2)22-19(23)18(24-20(22)21-16)10-6-9-15-7-4-3-5-8-15/h3-12H,1-2H3/b9-6+,18-10+. The molecule has 0 radical (unpaired) electrons. The zero-order chi connectivity index (χ0) is 16.7. The summed E-state index contributed by atoms with van der Waals surface area (Å²) in [5, 5.41) is 0. The lowest BCUT2D eigenvalue weighted by Gasteiger charge is -1.98. The number of hydrogen-bond acceptors (Lipinski definition) is 3. The molecule has 0 fully saturated rings. The third-order valence-electron chi connectivity index (χ3n) is 4.19. The van der Waals surface area contributed by atoms with Gasteiger partial charge in [-0.05, 0) is 48.7 Å². The Morgan fingerprint density at radius 1 is 1.08 bits per heavy atom. The van der Waals surface area contributed by atoms with E-state index in [0.29, 0.717) is 4.53 Å². The maximum atomic E-state index is 12.7. The van der Waals surface area contributed by atoms with Crippen molar-refractivity contribution in [2.75, 3.05) is 0 Å². The number of rotatable bonds is 2. The molecule has 4 heteroatoms. The fourth-order valence-corrected chi connectivity index (χ4v) is 3.68. The second kappa shape index (κ2) is 5.73. The van der Waals surface area contributed by atoms with Crippen molar-refractivity contribution >= 4 is 39.5 Å². The number of aromatic nitrogens is 2. The van der Waals surface area contributed by atoms with Gasteiger partial charge in [0.15, 0.2) is 4.96 Å². The smallest absolute Gasteiger partial charge is 0.267 e. The molecule has 0 aliphatic heterocycles. The highest BCUT2D eigenvalue weighted by Gasteiger charge is 2.11. The maximum Gasteiger partial charge on any atom is 0.274 e. The average Bonchev–Trinajstić information content (AvgIpc) is 3.06. The molecule has 0 N–H and O–H groups in total. The number of imidazole rings is 1. The highest BCUT2D eigenvalue weighted by Crippen LogP contribution is 2.20. The van der Waals surface area contributed by atoms with E-state index in [-0.39, 0.29) is 5.56 Å². The van der Waals surface area contributed by atoms with E-state index >= 15 is 0 Å². The first-order chi connectivity index (χ1) is 11.6. The Balaban J connectivity index is 1.84. The molecule has 0 aliphatic rings. The van der Waals surface area contributed by atoms with Gasteiger partial charge in [0.05, 0.1) is 15.6 Å². The molecule has 3 nitrogen and oxygen atoms in total. The highest BCUT2D eigenvalue weighted by atomic mass is 32.1. The number of aryl methyl sites for hydroxylation is 2. The first-order valence-corrected chi connectivity index (χ1v) is 8.61. The topological polar surface area (TPSA) is 34.4 Å². The molecule has 4 rings (SSSR count). The van der Waals surface area contributed by atoms with Crippen LogP contribution >= 0.6 is 11.3 Å². The Kier molecular flexibility index (Phi) is 3.54. The summed E-state index contributed by atoms with van der Waals surface area (Å²) in [4.78, 5) is 18.1. The predicted octanol–water partition coefficient (Wildman–Crippen LogP) is 3.74. The van der Waals surface area contributed by atoms with E-state index in [1.165, 1.54) is 22.5 Å². The van der Waals surface area contributed by atoms with Crippen molar-refractivity contribution in [1.29, 1.82) is 0 Å². The fraction of sp³-hybridized carbons (Fsp3) is 0.100. The molecule has 24 heavy (non-hydrogen) atoms. The quantitative estimate of drug-likeness (QED) is 0.560.